The second-order valence-electron chi connectivity index (χ2n) is 10.4. The second kappa shape index (κ2) is 10.8. The molecule has 8 heteroatoms. The number of hydrogen-bond acceptors (Lipinski definition) is 6. The van der Waals surface area contributed by atoms with E-state index in [0.29, 0.717) is 29.6 Å². The van der Waals surface area contributed by atoms with Gasteiger partial charge in [0.15, 0.2) is 11.6 Å². The standard InChI is InChI=1S/C33H29ClN6O/c34-27-7-5-22(6-8-27)31-17-25-15-24-16-28(39-13-11-36-12-14-39)9-10-30(24)40(33(35)32(25)41-31)20-23-3-1-2-4-29(23)26-18-37-21-38-19-26/h1-10,16-19,21,35-36H,11-15,20H2. The summed E-state index contributed by atoms with van der Waals surface area (Å²) in [6.45, 7) is 4.40. The molecule has 0 unspecified atom stereocenters. The number of piperazine rings is 1. The Bertz CT molecular complexity index is 1710. The molecule has 0 radical (unpaired) electrons. The zero-order chi connectivity index (χ0) is 27.8. The van der Waals surface area contributed by atoms with Crippen LogP contribution in [0.5, 0.6) is 0 Å². The molecule has 7 rings (SSSR count). The zero-order valence-electron chi connectivity index (χ0n) is 22.5. The van der Waals surface area contributed by atoms with E-state index in [1.807, 2.05) is 48.8 Å². The third-order valence-corrected chi connectivity index (χ3v) is 8.11. The van der Waals surface area contributed by atoms with Crippen molar-refractivity contribution < 1.29 is 4.42 Å². The maximum absolute atomic E-state index is 9.45. The van der Waals surface area contributed by atoms with Gasteiger partial charge in [0, 0.05) is 78.1 Å². The number of rotatable bonds is 5. The number of hydrogen-bond donors (Lipinski definition) is 2. The van der Waals surface area contributed by atoms with Gasteiger partial charge in [-0.15, -0.1) is 0 Å². The first-order chi connectivity index (χ1) is 20.1. The highest BCUT2D eigenvalue weighted by atomic mass is 35.5. The first-order valence-corrected chi connectivity index (χ1v) is 14.2. The normalized spacial score (nSPS) is 14.9. The van der Waals surface area contributed by atoms with E-state index in [1.165, 1.54) is 11.3 Å². The topological polar surface area (TPSA) is 81.3 Å². The van der Waals surface area contributed by atoms with E-state index < -0.39 is 0 Å². The minimum absolute atomic E-state index is 0.341. The summed E-state index contributed by atoms with van der Waals surface area (Å²) in [5, 5.41) is 13.6. The molecule has 7 nitrogen and oxygen atoms in total. The first-order valence-electron chi connectivity index (χ1n) is 13.8. The molecule has 41 heavy (non-hydrogen) atoms. The van der Waals surface area contributed by atoms with Crippen LogP contribution in [-0.4, -0.2) is 42.0 Å². The monoisotopic (exact) mass is 560 g/mol. The molecule has 0 spiro atoms. The minimum Gasteiger partial charge on any atom is -0.453 e. The Kier molecular flexibility index (Phi) is 6.74. The fourth-order valence-corrected chi connectivity index (χ4v) is 5.90. The molecule has 204 valence electrons. The van der Waals surface area contributed by atoms with Crippen molar-refractivity contribution in [1.29, 1.82) is 5.41 Å². The van der Waals surface area contributed by atoms with Gasteiger partial charge in [-0.2, -0.15) is 0 Å². The van der Waals surface area contributed by atoms with Crippen molar-refractivity contribution in [2.75, 3.05) is 36.0 Å². The van der Waals surface area contributed by atoms with Crippen LogP contribution in [0.15, 0.2) is 95.9 Å². The predicted molar refractivity (Wildman–Crippen MR) is 164 cm³/mol. The fraction of sp³-hybridized carbons (Fsp3) is 0.182. The number of aromatic nitrogens is 2. The van der Waals surface area contributed by atoms with Gasteiger partial charge < -0.3 is 19.5 Å². The second-order valence-corrected chi connectivity index (χ2v) is 10.9. The average Bonchev–Trinajstić information content (AvgIpc) is 3.41. The van der Waals surface area contributed by atoms with Gasteiger partial charge in [-0.25, -0.2) is 9.97 Å². The van der Waals surface area contributed by atoms with Crippen molar-refractivity contribution in [3.05, 3.63) is 119 Å². The average molecular weight is 561 g/mol. The first kappa shape index (κ1) is 25.5. The minimum atomic E-state index is 0.341. The van der Waals surface area contributed by atoms with Crippen molar-refractivity contribution in [2.45, 2.75) is 13.0 Å². The number of halogens is 1. The molecule has 4 heterocycles. The molecule has 0 bridgehead atoms. The summed E-state index contributed by atoms with van der Waals surface area (Å²) in [6.07, 6.45) is 5.88. The molecule has 1 fully saturated rings. The van der Waals surface area contributed by atoms with E-state index in [-0.39, 0.29) is 0 Å². The molecule has 2 aliphatic rings. The molecule has 2 N–H and O–H groups in total. The van der Waals surface area contributed by atoms with Crippen LogP contribution in [-0.2, 0) is 13.0 Å². The van der Waals surface area contributed by atoms with Crippen molar-refractivity contribution in [3.8, 4) is 22.5 Å². The predicted octanol–water partition coefficient (Wildman–Crippen LogP) is 6.40. The molecular weight excluding hydrogens is 532 g/mol. The largest absolute Gasteiger partial charge is 0.453 e. The Morgan fingerprint density at radius 3 is 2.46 bits per heavy atom. The molecule has 0 atom stereocenters. The van der Waals surface area contributed by atoms with Crippen LogP contribution in [0.3, 0.4) is 0 Å². The SMILES string of the molecule is N=C1c2oc(-c3ccc(Cl)cc3)cc2Cc2cc(N3CCNCC3)ccc2N1Cc1ccccc1-c1cncnc1. The highest BCUT2D eigenvalue weighted by molar-refractivity contribution is 6.30. The van der Waals surface area contributed by atoms with Crippen molar-refractivity contribution in [1.82, 2.24) is 15.3 Å². The van der Waals surface area contributed by atoms with E-state index in [4.69, 9.17) is 16.0 Å². The summed E-state index contributed by atoms with van der Waals surface area (Å²) >= 11 is 6.15. The fourth-order valence-electron chi connectivity index (χ4n) is 5.77. The lowest BCUT2D eigenvalue weighted by molar-refractivity contribution is 0.566. The summed E-state index contributed by atoms with van der Waals surface area (Å²) in [5.41, 5.74) is 8.42. The highest BCUT2D eigenvalue weighted by Crippen LogP contribution is 2.38. The molecule has 0 saturated carbocycles. The molecule has 0 aliphatic carbocycles. The molecule has 2 aromatic heterocycles. The van der Waals surface area contributed by atoms with Crippen LogP contribution in [0.4, 0.5) is 11.4 Å². The van der Waals surface area contributed by atoms with Gasteiger partial charge in [-0.3, -0.25) is 5.41 Å². The van der Waals surface area contributed by atoms with Gasteiger partial charge in [0.2, 0.25) is 0 Å². The van der Waals surface area contributed by atoms with Crippen LogP contribution in [0, 0.1) is 5.41 Å². The quantitative estimate of drug-likeness (QED) is 0.259. The summed E-state index contributed by atoms with van der Waals surface area (Å²) in [6, 6.07) is 24.6. The highest BCUT2D eigenvalue weighted by Gasteiger charge is 2.29. The molecule has 5 aromatic rings. The van der Waals surface area contributed by atoms with Crippen molar-refractivity contribution in [3.63, 3.8) is 0 Å². The van der Waals surface area contributed by atoms with Crippen LogP contribution < -0.4 is 15.1 Å². The van der Waals surface area contributed by atoms with E-state index in [1.54, 1.807) is 6.33 Å². The van der Waals surface area contributed by atoms with Crippen LogP contribution in [0.25, 0.3) is 22.5 Å². The van der Waals surface area contributed by atoms with Crippen molar-refractivity contribution >= 4 is 28.8 Å². The molecule has 2 aliphatic heterocycles. The summed E-state index contributed by atoms with van der Waals surface area (Å²) in [5.74, 6) is 1.67. The lowest BCUT2D eigenvalue weighted by Gasteiger charge is -2.31. The smallest absolute Gasteiger partial charge is 0.173 e. The van der Waals surface area contributed by atoms with Gasteiger partial charge in [-0.05, 0) is 65.2 Å². The van der Waals surface area contributed by atoms with Crippen LogP contribution in [0.1, 0.15) is 22.5 Å². The van der Waals surface area contributed by atoms with Gasteiger partial charge >= 0.3 is 0 Å². The van der Waals surface area contributed by atoms with Gasteiger partial charge in [0.1, 0.15) is 12.1 Å². The number of furan rings is 1. The number of benzene rings is 3. The lowest BCUT2D eigenvalue weighted by atomic mass is 10.0. The maximum Gasteiger partial charge on any atom is 0.173 e. The van der Waals surface area contributed by atoms with Crippen LogP contribution in [0.2, 0.25) is 5.02 Å². The Morgan fingerprint density at radius 1 is 0.878 bits per heavy atom. The summed E-state index contributed by atoms with van der Waals surface area (Å²) in [4.78, 5) is 13.0. The van der Waals surface area contributed by atoms with E-state index in [2.05, 4.69) is 61.5 Å². The maximum atomic E-state index is 9.45. The Labute approximate surface area is 243 Å². The van der Waals surface area contributed by atoms with Crippen LogP contribution >= 0.6 is 11.6 Å². The zero-order valence-corrected chi connectivity index (χ0v) is 23.2. The summed E-state index contributed by atoms with van der Waals surface area (Å²) in [7, 11) is 0. The molecule has 0 amide bonds. The van der Waals surface area contributed by atoms with Gasteiger partial charge in [-0.1, -0.05) is 35.9 Å². The number of nitrogens with zero attached hydrogens (tertiary/aromatic N) is 4. The number of nitrogens with one attached hydrogen (secondary N) is 2. The third-order valence-electron chi connectivity index (χ3n) is 7.86. The van der Waals surface area contributed by atoms with Gasteiger partial charge in [0.25, 0.3) is 0 Å². The van der Waals surface area contributed by atoms with E-state index in [9.17, 15) is 5.41 Å². The van der Waals surface area contributed by atoms with E-state index >= 15 is 0 Å². The van der Waals surface area contributed by atoms with Crippen molar-refractivity contribution in [2.24, 2.45) is 0 Å². The Balaban J connectivity index is 1.33. The molecular formula is C33H29ClN6O. The Hall–Kier alpha value is -4.46. The van der Waals surface area contributed by atoms with E-state index in [0.717, 1.165) is 65.4 Å². The molecule has 3 aromatic carbocycles. The number of anilines is 2. The third kappa shape index (κ3) is 4.99. The lowest BCUT2D eigenvalue weighted by Crippen LogP contribution is -2.43. The summed E-state index contributed by atoms with van der Waals surface area (Å²) < 4.78 is 6.44. The Morgan fingerprint density at radius 2 is 1.66 bits per heavy atom. The molecule has 1 saturated heterocycles. The number of amidine groups is 1. The van der Waals surface area contributed by atoms with Gasteiger partial charge in [0.05, 0.1) is 6.54 Å². The number of fused-ring (bicyclic) bond motifs is 2.